The molecule has 2 aromatic heterocycles. The molecule has 2 unspecified atom stereocenters. The molecule has 0 radical (unpaired) electrons. The normalized spacial score (nSPS) is 21.4. The number of thiazole rings is 1. The fourth-order valence-corrected chi connectivity index (χ4v) is 5.78. The van der Waals surface area contributed by atoms with E-state index in [1.54, 1.807) is 4.90 Å². The molecule has 8 heteroatoms. The predicted octanol–water partition coefficient (Wildman–Crippen LogP) is 5.46. The molecule has 1 aliphatic heterocycles. The molecule has 0 saturated carbocycles. The van der Waals surface area contributed by atoms with Gasteiger partial charge in [-0.1, -0.05) is 12.1 Å². The SMILES string of the molecule is CC1CC(O)(c2nc3ccc(-c4ccc5nn(C)cc5c4)cc3s2)CCN1C(=O)OC(C)(C)C. The summed E-state index contributed by atoms with van der Waals surface area (Å²) in [4.78, 5) is 19.1. The Balaban J connectivity index is 1.39. The molecule has 34 heavy (non-hydrogen) atoms. The Morgan fingerprint density at radius 2 is 1.88 bits per heavy atom. The van der Waals surface area contributed by atoms with Crippen LogP contribution in [0.3, 0.4) is 0 Å². The van der Waals surface area contributed by atoms with Gasteiger partial charge in [0.25, 0.3) is 0 Å². The molecule has 0 aliphatic carbocycles. The van der Waals surface area contributed by atoms with E-state index in [0.29, 0.717) is 24.4 Å². The number of amides is 1. The van der Waals surface area contributed by atoms with Crippen LogP contribution in [0.25, 0.3) is 32.2 Å². The van der Waals surface area contributed by atoms with Crippen LogP contribution < -0.4 is 0 Å². The minimum atomic E-state index is -1.06. The van der Waals surface area contributed by atoms with Gasteiger partial charge in [0.05, 0.1) is 15.7 Å². The van der Waals surface area contributed by atoms with Gasteiger partial charge in [0.1, 0.15) is 16.2 Å². The molecular weight excluding hydrogens is 448 g/mol. The number of fused-ring (bicyclic) bond motifs is 2. The van der Waals surface area contributed by atoms with Crippen molar-refractivity contribution in [3.05, 3.63) is 47.6 Å². The summed E-state index contributed by atoms with van der Waals surface area (Å²) in [6.45, 7) is 7.97. The van der Waals surface area contributed by atoms with Gasteiger partial charge in [-0.25, -0.2) is 9.78 Å². The molecule has 5 rings (SSSR count). The zero-order chi connectivity index (χ0) is 24.3. The summed E-state index contributed by atoms with van der Waals surface area (Å²) in [7, 11) is 1.92. The molecule has 1 aliphatic rings. The van der Waals surface area contributed by atoms with Crippen molar-refractivity contribution in [1.29, 1.82) is 0 Å². The number of carbonyl (C=O) groups is 1. The maximum absolute atomic E-state index is 12.6. The number of hydrogen-bond donors (Lipinski definition) is 1. The van der Waals surface area contributed by atoms with E-state index in [2.05, 4.69) is 29.4 Å². The van der Waals surface area contributed by atoms with Gasteiger partial charge in [-0.05, 0) is 63.1 Å². The quantitative estimate of drug-likeness (QED) is 0.414. The number of likely N-dealkylation sites (tertiary alicyclic amines) is 1. The van der Waals surface area contributed by atoms with Crippen LogP contribution in [0.4, 0.5) is 4.79 Å². The summed E-state index contributed by atoms with van der Waals surface area (Å²) in [5.41, 5.74) is 2.47. The lowest BCUT2D eigenvalue weighted by molar-refractivity contribution is -0.0546. The molecule has 3 heterocycles. The van der Waals surface area contributed by atoms with Crippen LogP contribution in [0, 0.1) is 0 Å². The van der Waals surface area contributed by atoms with Crippen molar-refractivity contribution in [3.63, 3.8) is 0 Å². The summed E-state index contributed by atoms with van der Waals surface area (Å²) < 4.78 is 8.40. The zero-order valence-electron chi connectivity index (χ0n) is 20.2. The predicted molar refractivity (Wildman–Crippen MR) is 135 cm³/mol. The first-order valence-electron chi connectivity index (χ1n) is 11.6. The van der Waals surface area contributed by atoms with Crippen LogP contribution in [-0.4, -0.2) is 49.1 Å². The Kier molecular flexibility index (Phi) is 5.41. The second-order valence-electron chi connectivity index (χ2n) is 10.3. The number of rotatable bonds is 2. The topological polar surface area (TPSA) is 80.5 Å². The highest BCUT2D eigenvalue weighted by molar-refractivity contribution is 7.18. The summed E-state index contributed by atoms with van der Waals surface area (Å²) in [5, 5.41) is 17.8. The van der Waals surface area contributed by atoms with Crippen molar-refractivity contribution in [2.75, 3.05) is 6.54 Å². The largest absolute Gasteiger partial charge is 0.444 e. The van der Waals surface area contributed by atoms with E-state index in [4.69, 9.17) is 9.72 Å². The average Bonchev–Trinajstić information content (AvgIpc) is 3.34. The highest BCUT2D eigenvalue weighted by Gasteiger charge is 2.42. The Bertz CT molecular complexity index is 1390. The van der Waals surface area contributed by atoms with Crippen LogP contribution in [0.2, 0.25) is 0 Å². The monoisotopic (exact) mass is 478 g/mol. The third kappa shape index (κ3) is 4.28. The van der Waals surface area contributed by atoms with Crippen molar-refractivity contribution in [3.8, 4) is 11.1 Å². The van der Waals surface area contributed by atoms with Crippen LogP contribution >= 0.6 is 11.3 Å². The van der Waals surface area contributed by atoms with Crippen molar-refractivity contribution in [2.45, 2.75) is 57.8 Å². The van der Waals surface area contributed by atoms with Crippen LogP contribution in [-0.2, 0) is 17.4 Å². The summed E-state index contributed by atoms with van der Waals surface area (Å²) in [5.74, 6) is 0. The molecule has 1 amide bonds. The molecule has 4 aromatic rings. The van der Waals surface area contributed by atoms with Gasteiger partial charge in [-0.15, -0.1) is 11.3 Å². The number of aryl methyl sites for hydroxylation is 1. The Hall–Kier alpha value is -2.97. The lowest BCUT2D eigenvalue weighted by Crippen LogP contribution is -2.51. The highest BCUT2D eigenvalue weighted by Crippen LogP contribution is 2.40. The Morgan fingerprint density at radius 1 is 1.18 bits per heavy atom. The maximum atomic E-state index is 12.6. The van der Waals surface area contributed by atoms with Gasteiger partial charge >= 0.3 is 6.09 Å². The van der Waals surface area contributed by atoms with Gasteiger partial charge < -0.3 is 14.7 Å². The number of hydrogen-bond acceptors (Lipinski definition) is 6. The van der Waals surface area contributed by atoms with Crippen LogP contribution in [0.5, 0.6) is 0 Å². The maximum Gasteiger partial charge on any atom is 0.410 e. The number of benzene rings is 2. The number of nitrogens with zero attached hydrogens (tertiary/aromatic N) is 4. The molecule has 0 spiro atoms. The minimum absolute atomic E-state index is 0.151. The molecule has 1 saturated heterocycles. The van der Waals surface area contributed by atoms with E-state index in [-0.39, 0.29) is 12.1 Å². The van der Waals surface area contributed by atoms with E-state index >= 15 is 0 Å². The standard InChI is InChI=1S/C26H30N4O3S/c1-16-14-26(32,10-11-30(16)24(31)33-25(2,3)4)23-27-21-9-7-18(13-22(21)34-23)17-6-8-20-19(12-17)15-29(5)28-20/h6-9,12-13,15-16,32H,10-11,14H2,1-5H3. The lowest BCUT2D eigenvalue weighted by atomic mass is 9.87. The number of carbonyl (C=O) groups excluding carboxylic acids is 1. The second-order valence-corrected chi connectivity index (χ2v) is 11.3. The van der Waals surface area contributed by atoms with Crippen LogP contribution in [0.1, 0.15) is 45.5 Å². The third-order valence-corrected chi connectivity index (χ3v) is 7.51. The Labute approximate surface area is 203 Å². The number of ether oxygens (including phenoxy) is 1. The van der Waals surface area contributed by atoms with Gasteiger partial charge in [-0.2, -0.15) is 5.10 Å². The van der Waals surface area contributed by atoms with Gasteiger partial charge in [0.15, 0.2) is 0 Å². The fraction of sp³-hybridized carbons (Fsp3) is 0.423. The summed E-state index contributed by atoms with van der Waals surface area (Å²) in [6, 6.07) is 12.3. The number of aromatic nitrogens is 3. The van der Waals surface area contributed by atoms with E-state index in [1.807, 2.05) is 57.8 Å². The van der Waals surface area contributed by atoms with E-state index in [0.717, 1.165) is 32.2 Å². The van der Waals surface area contributed by atoms with Crippen molar-refractivity contribution < 1.29 is 14.6 Å². The minimum Gasteiger partial charge on any atom is -0.444 e. The molecule has 178 valence electrons. The first-order chi connectivity index (χ1) is 16.0. The molecule has 7 nitrogen and oxygen atoms in total. The highest BCUT2D eigenvalue weighted by atomic mass is 32.1. The summed E-state index contributed by atoms with van der Waals surface area (Å²) >= 11 is 1.53. The van der Waals surface area contributed by atoms with Crippen LogP contribution in [0.15, 0.2) is 42.6 Å². The van der Waals surface area contributed by atoms with Gasteiger partial charge in [-0.3, -0.25) is 4.68 Å². The molecule has 0 bridgehead atoms. The molecule has 1 fully saturated rings. The van der Waals surface area contributed by atoms with E-state index in [9.17, 15) is 9.90 Å². The van der Waals surface area contributed by atoms with Gasteiger partial charge in [0.2, 0.25) is 0 Å². The second kappa shape index (κ2) is 8.06. The molecular formula is C26H30N4O3S. The lowest BCUT2D eigenvalue weighted by Gasteiger charge is -2.41. The molecule has 1 N–H and O–H groups in total. The first-order valence-corrected chi connectivity index (χ1v) is 12.4. The molecule has 2 aromatic carbocycles. The average molecular weight is 479 g/mol. The van der Waals surface area contributed by atoms with E-state index < -0.39 is 11.2 Å². The fourth-order valence-electron chi connectivity index (χ4n) is 4.64. The van der Waals surface area contributed by atoms with Crippen molar-refractivity contribution in [2.24, 2.45) is 7.05 Å². The first kappa shape index (κ1) is 22.8. The van der Waals surface area contributed by atoms with Crippen molar-refractivity contribution >= 4 is 38.5 Å². The number of piperidine rings is 1. The van der Waals surface area contributed by atoms with Crippen molar-refractivity contribution in [1.82, 2.24) is 19.7 Å². The third-order valence-electron chi connectivity index (χ3n) is 6.30. The number of aliphatic hydroxyl groups is 1. The van der Waals surface area contributed by atoms with E-state index in [1.165, 1.54) is 11.3 Å². The molecule has 2 atom stereocenters. The zero-order valence-corrected chi connectivity index (χ0v) is 21.0. The van der Waals surface area contributed by atoms with Gasteiger partial charge in [0, 0.05) is 44.1 Å². The smallest absolute Gasteiger partial charge is 0.410 e. The Morgan fingerprint density at radius 3 is 2.59 bits per heavy atom. The summed E-state index contributed by atoms with van der Waals surface area (Å²) in [6.07, 6.45) is 2.54.